The van der Waals surface area contributed by atoms with Crippen molar-refractivity contribution >= 4 is 29.4 Å². The van der Waals surface area contributed by atoms with Gasteiger partial charge in [0.2, 0.25) is 0 Å². The minimum absolute atomic E-state index is 0.223. The van der Waals surface area contributed by atoms with E-state index < -0.39 is 0 Å². The summed E-state index contributed by atoms with van der Waals surface area (Å²) >= 11 is 1.66. The molecule has 4 nitrogen and oxygen atoms in total. The van der Waals surface area contributed by atoms with E-state index >= 15 is 0 Å². The smallest absolute Gasteiger partial charge is 0.414 e. The van der Waals surface area contributed by atoms with Crippen molar-refractivity contribution in [3.63, 3.8) is 0 Å². The number of hydrogen-bond donors (Lipinski definition) is 1. The SMILES string of the molecule is CCCN1C(=O)OC(C)c2cc(NSCc3ccc(C)cc3)ccc21. The third-order valence-corrected chi connectivity index (χ3v) is 5.11. The molecule has 0 saturated carbocycles. The van der Waals surface area contributed by atoms with Crippen LogP contribution in [0.15, 0.2) is 42.5 Å². The maximum absolute atomic E-state index is 12.1. The molecule has 0 aliphatic carbocycles. The lowest BCUT2D eigenvalue weighted by molar-refractivity contribution is 0.108. The molecule has 1 N–H and O–H groups in total. The Morgan fingerprint density at radius 3 is 2.68 bits per heavy atom. The van der Waals surface area contributed by atoms with Crippen LogP contribution in [-0.4, -0.2) is 12.6 Å². The molecule has 2 aromatic carbocycles. The molecule has 1 aliphatic heterocycles. The van der Waals surface area contributed by atoms with Gasteiger partial charge in [-0.2, -0.15) is 0 Å². The van der Waals surface area contributed by atoms with Gasteiger partial charge in [-0.15, -0.1) is 0 Å². The maximum atomic E-state index is 12.1. The summed E-state index contributed by atoms with van der Waals surface area (Å²) in [7, 11) is 0. The zero-order valence-corrected chi connectivity index (χ0v) is 15.7. The summed E-state index contributed by atoms with van der Waals surface area (Å²) in [5.74, 6) is 0.893. The largest absolute Gasteiger partial charge is 0.441 e. The monoisotopic (exact) mass is 356 g/mol. The zero-order chi connectivity index (χ0) is 17.8. The Bertz CT molecular complexity index is 746. The highest BCUT2D eigenvalue weighted by Gasteiger charge is 2.29. The van der Waals surface area contributed by atoms with Gasteiger partial charge in [-0.1, -0.05) is 36.8 Å². The summed E-state index contributed by atoms with van der Waals surface area (Å²) in [6, 6.07) is 14.7. The molecule has 0 radical (unpaired) electrons. The molecular weight excluding hydrogens is 332 g/mol. The van der Waals surface area contributed by atoms with Crippen LogP contribution in [-0.2, 0) is 10.5 Å². The number of aryl methyl sites for hydroxylation is 1. The van der Waals surface area contributed by atoms with Crippen LogP contribution in [0.2, 0.25) is 0 Å². The second-order valence-corrected chi connectivity index (χ2v) is 7.11. The summed E-state index contributed by atoms with van der Waals surface area (Å²) in [5.41, 5.74) is 5.60. The molecule has 132 valence electrons. The van der Waals surface area contributed by atoms with Crippen LogP contribution in [0.3, 0.4) is 0 Å². The number of cyclic esters (lactones) is 1. The molecule has 2 aromatic rings. The van der Waals surface area contributed by atoms with Crippen molar-refractivity contribution < 1.29 is 9.53 Å². The maximum Gasteiger partial charge on any atom is 0.414 e. The second kappa shape index (κ2) is 7.83. The number of carbonyl (C=O) groups is 1. The van der Waals surface area contributed by atoms with Gasteiger partial charge < -0.3 is 9.46 Å². The highest BCUT2D eigenvalue weighted by molar-refractivity contribution is 7.99. The van der Waals surface area contributed by atoms with Crippen molar-refractivity contribution in [3.8, 4) is 0 Å². The van der Waals surface area contributed by atoms with Gasteiger partial charge in [-0.25, -0.2) is 4.79 Å². The van der Waals surface area contributed by atoms with Gasteiger partial charge in [0, 0.05) is 23.5 Å². The first-order valence-electron chi connectivity index (χ1n) is 8.64. The van der Waals surface area contributed by atoms with Gasteiger partial charge in [0.05, 0.1) is 5.69 Å². The Morgan fingerprint density at radius 2 is 1.96 bits per heavy atom. The molecule has 0 spiro atoms. The van der Waals surface area contributed by atoms with Crippen LogP contribution in [0.1, 0.15) is 43.1 Å². The molecular formula is C20H24N2O2S. The van der Waals surface area contributed by atoms with Crippen molar-refractivity contribution in [2.24, 2.45) is 0 Å². The fourth-order valence-electron chi connectivity index (χ4n) is 2.89. The van der Waals surface area contributed by atoms with Gasteiger partial charge in [-0.05, 0) is 56.0 Å². The van der Waals surface area contributed by atoms with Crippen molar-refractivity contribution in [3.05, 3.63) is 59.2 Å². The number of benzene rings is 2. The minimum atomic E-state index is -0.253. The highest BCUT2D eigenvalue weighted by atomic mass is 32.2. The van der Waals surface area contributed by atoms with E-state index in [1.54, 1.807) is 16.8 Å². The molecule has 0 aromatic heterocycles. The number of amides is 1. The average Bonchev–Trinajstić information content (AvgIpc) is 2.60. The first kappa shape index (κ1) is 17.7. The quantitative estimate of drug-likeness (QED) is 0.676. The lowest BCUT2D eigenvalue weighted by atomic mass is 10.0. The van der Waals surface area contributed by atoms with Crippen molar-refractivity contribution in [2.45, 2.75) is 39.0 Å². The van der Waals surface area contributed by atoms with Crippen molar-refractivity contribution in [1.82, 2.24) is 0 Å². The molecule has 25 heavy (non-hydrogen) atoms. The molecule has 1 heterocycles. The molecule has 1 unspecified atom stereocenters. The molecule has 1 atom stereocenters. The first-order valence-corrected chi connectivity index (χ1v) is 9.62. The zero-order valence-electron chi connectivity index (χ0n) is 14.9. The van der Waals surface area contributed by atoms with Crippen LogP contribution in [0.4, 0.5) is 16.2 Å². The highest BCUT2D eigenvalue weighted by Crippen LogP contribution is 2.36. The number of hydrogen-bond acceptors (Lipinski definition) is 4. The number of rotatable bonds is 6. The van der Waals surface area contributed by atoms with E-state index in [9.17, 15) is 4.79 Å². The van der Waals surface area contributed by atoms with E-state index in [4.69, 9.17) is 4.74 Å². The van der Waals surface area contributed by atoms with E-state index in [1.165, 1.54) is 11.1 Å². The van der Waals surface area contributed by atoms with Gasteiger partial charge in [0.1, 0.15) is 6.10 Å². The number of fused-ring (bicyclic) bond motifs is 1. The number of anilines is 2. The van der Waals surface area contributed by atoms with Crippen LogP contribution in [0.5, 0.6) is 0 Å². The summed E-state index contributed by atoms with van der Waals surface area (Å²) in [4.78, 5) is 13.8. The van der Waals surface area contributed by atoms with E-state index in [0.717, 1.165) is 29.1 Å². The van der Waals surface area contributed by atoms with Crippen molar-refractivity contribution in [1.29, 1.82) is 0 Å². The standard InChI is InChI=1S/C20H24N2O2S/c1-4-11-22-19-10-9-17(12-18(19)15(3)24-20(22)23)21-25-13-16-7-5-14(2)6-8-16/h5-10,12,15,21H,4,11,13H2,1-3H3. The van der Waals surface area contributed by atoms with Gasteiger partial charge in [0.25, 0.3) is 0 Å². The van der Waals surface area contributed by atoms with E-state index in [0.29, 0.717) is 6.54 Å². The number of nitrogens with zero attached hydrogens (tertiary/aromatic N) is 1. The molecule has 0 bridgehead atoms. The fraction of sp³-hybridized carbons (Fsp3) is 0.350. The van der Waals surface area contributed by atoms with Gasteiger partial charge in [0.15, 0.2) is 0 Å². The number of nitrogens with one attached hydrogen (secondary N) is 1. The molecule has 0 saturated heterocycles. The summed E-state index contributed by atoms with van der Waals surface area (Å²) < 4.78 is 8.86. The predicted molar refractivity (Wildman–Crippen MR) is 105 cm³/mol. The Labute approximate surface area is 153 Å². The van der Waals surface area contributed by atoms with Crippen molar-refractivity contribution in [2.75, 3.05) is 16.2 Å². The topological polar surface area (TPSA) is 41.6 Å². The lowest BCUT2D eigenvalue weighted by Crippen LogP contribution is -2.37. The summed E-state index contributed by atoms with van der Waals surface area (Å²) in [5, 5.41) is 0. The van der Waals surface area contributed by atoms with E-state index in [2.05, 4.69) is 48.9 Å². The van der Waals surface area contributed by atoms with Gasteiger partial charge >= 0.3 is 6.09 Å². The average molecular weight is 356 g/mol. The van der Waals surface area contributed by atoms with E-state index in [-0.39, 0.29) is 12.2 Å². The summed E-state index contributed by atoms with van der Waals surface area (Å²) in [6.07, 6.45) is 0.422. The van der Waals surface area contributed by atoms with Crippen LogP contribution < -0.4 is 9.62 Å². The Hall–Kier alpha value is -2.14. The first-order chi connectivity index (χ1) is 12.1. The Balaban J connectivity index is 1.69. The number of carbonyl (C=O) groups excluding carboxylic acids is 1. The van der Waals surface area contributed by atoms with Crippen LogP contribution in [0.25, 0.3) is 0 Å². The third-order valence-electron chi connectivity index (χ3n) is 4.25. The summed E-state index contributed by atoms with van der Waals surface area (Å²) in [6.45, 7) is 6.75. The van der Waals surface area contributed by atoms with Gasteiger partial charge in [-0.3, -0.25) is 4.90 Å². The number of ether oxygens (including phenoxy) is 1. The normalized spacial score (nSPS) is 16.4. The minimum Gasteiger partial charge on any atom is -0.441 e. The van der Waals surface area contributed by atoms with Crippen LogP contribution in [0, 0.1) is 6.92 Å². The molecule has 5 heteroatoms. The third kappa shape index (κ3) is 4.10. The molecule has 3 rings (SSSR count). The van der Waals surface area contributed by atoms with E-state index in [1.807, 2.05) is 19.1 Å². The predicted octanol–water partition coefficient (Wildman–Crippen LogP) is 5.68. The fourth-order valence-corrected chi connectivity index (χ4v) is 3.61. The molecule has 1 amide bonds. The van der Waals surface area contributed by atoms with Crippen LogP contribution >= 0.6 is 11.9 Å². The lowest BCUT2D eigenvalue weighted by Gasteiger charge is -2.32. The Kier molecular flexibility index (Phi) is 5.53. The molecule has 0 fully saturated rings. The molecule has 1 aliphatic rings. The second-order valence-electron chi connectivity index (χ2n) is 6.33. The Morgan fingerprint density at radius 1 is 1.20 bits per heavy atom.